The molecule has 3 rings (SSSR count). The summed E-state index contributed by atoms with van der Waals surface area (Å²) in [5.41, 5.74) is 0. The molecule has 25 heavy (non-hydrogen) atoms. The van der Waals surface area contributed by atoms with Gasteiger partial charge in [-0.15, -0.1) is 0 Å². The van der Waals surface area contributed by atoms with E-state index >= 15 is 0 Å². The highest BCUT2D eigenvalue weighted by molar-refractivity contribution is 5.77. The number of para-hydroxylation sites is 2. The maximum Gasteiger partial charge on any atom is 0.226 e. The number of hydrogen-bond donors (Lipinski definition) is 1. The van der Waals surface area contributed by atoms with Gasteiger partial charge in [0.15, 0.2) is 11.5 Å². The fraction of sp³-hybridized carbons (Fsp3) is 0.444. The molecule has 0 saturated carbocycles. The van der Waals surface area contributed by atoms with Crippen LogP contribution in [0, 0.1) is 0 Å². The Hall–Kier alpha value is -2.54. The van der Waals surface area contributed by atoms with Crippen molar-refractivity contribution < 1.29 is 14.3 Å². The SMILES string of the molecule is COc1ccccc1OCCC(=O)N1CCNCC1c1nccn1C. The van der Waals surface area contributed by atoms with E-state index in [-0.39, 0.29) is 11.9 Å². The number of rotatable bonds is 6. The summed E-state index contributed by atoms with van der Waals surface area (Å²) in [7, 11) is 3.55. The number of aromatic nitrogens is 2. The van der Waals surface area contributed by atoms with Crippen LogP contribution in [-0.4, -0.2) is 53.7 Å². The molecule has 1 saturated heterocycles. The lowest BCUT2D eigenvalue weighted by Gasteiger charge is -2.35. The molecule has 0 aliphatic carbocycles. The highest BCUT2D eigenvalue weighted by atomic mass is 16.5. The summed E-state index contributed by atoms with van der Waals surface area (Å²) in [5, 5.41) is 3.34. The van der Waals surface area contributed by atoms with E-state index in [1.165, 1.54) is 0 Å². The van der Waals surface area contributed by atoms with Gasteiger partial charge < -0.3 is 24.3 Å². The van der Waals surface area contributed by atoms with Crippen molar-refractivity contribution in [3.63, 3.8) is 0 Å². The molecule has 0 bridgehead atoms. The van der Waals surface area contributed by atoms with Crippen LogP contribution in [0.15, 0.2) is 36.7 Å². The van der Waals surface area contributed by atoms with Gasteiger partial charge in [0, 0.05) is 39.1 Å². The van der Waals surface area contributed by atoms with Gasteiger partial charge in [0.25, 0.3) is 0 Å². The molecule has 1 aromatic heterocycles. The minimum absolute atomic E-state index is 0.0486. The molecule has 2 heterocycles. The van der Waals surface area contributed by atoms with Crippen LogP contribution in [0.4, 0.5) is 0 Å². The van der Waals surface area contributed by atoms with Crippen LogP contribution in [0.1, 0.15) is 18.3 Å². The molecule has 0 radical (unpaired) electrons. The highest BCUT2D eigenvalue weighted by Crippen LogP contribution is 2.26. The molecule has 1 amide bonds. The van der Waals surface area contributed by atoms with Crippen molar-refractivity contribution >= 4 is 5.91 Å². The number of imidazole rings is 1. The first-order valence-corrected chi connectivity index (χ1v) is 8.44. The number of methoxy groups -OCH3 is 1. The van der Waals surface area contributed by atoms with Gasteiger partial charge >= 0.3 is 0 Å². The number of nitrogens with one attached hydrogen (secondary N) is 1. The van der Waals surface area contributed by atoms with Crippen molar-refractivity contribution in [3.8, 4) is 11.5 Å². The second-order valence-corrected chi connectivity index (χ2v) is 5.95. The van der Waals surface area contributed by atoms with Crippen molar-refractivity contribution in [1.82, 2.24) is 19.8 Å². The van der Waals surface area contributed by atoms with Crippen LogP contribution < -0.4 is 14.8 Å². The van der Waals surface area contributed by atoms with Crippen molar-refractivity contribution in [3.05, 3.63) is 42.5 Å². The maximum atomic E-state index is 12.7. The Kier molecular flexibility index (Phi) is 5.55. The molecule has 1 aliphatic rings. The van der Waals surface area contributed by atoms with Crippen LogP contribution in [0.2, 0.25) is 0 Å². The lowest BCUT2D eigenvalue weighted by atomic mass is 10.1. The van der Waals surface area contributed by atoms with Crippen molar-refractivity contribution in [2.75, 3.05) is 33.4 Å². The van der Waals surface area contributed by atoms with Crippen molar-refractivity contribution in [2.24, 2.45) is 7.05 Å². The average Bonchev–Trinajstić information content (AvgIpc) is 3.08. The zero-order chi connectivity index (χ0) is 17.6. The van der Waals surface area contributed by atoms with E-state index < -0.39 is 0 Å². The van der Waals surface area contributed by atoms with Gasteiger partial charge in [-0.2, -0.15) is 0 Å². The zero-order valence-corrected chi connectivity index (χ0v) is 14.6. The normalized spacial score (nSPS) is 17.4. The van der Waals surface area contributed by atoms with Gasteiger partial charge in [-0.25, -0.2) is 4.98 Å². The molecule has 1 N–H and O–H groups in total. The number of amides is 1. The van der Waals surface area contributed by atoms with E-state index in [2.05, 4.69) is 10.3 Å². The predicted molar refractivity (Wildman–Crippen MR) is 93.6 cm³/mol. The van der Waals surface area contributed by atoms with Gasteiger partial charge in [-0.3, -0.25) is 4.79 Å². The fourth-order valence-corrected chi connectivity index (χ4v) is 3.06. The minimum atomic E-state index is -0.0486. The number of aryl methyl sites for hydroxylation is 1. The molecule has 1 unspecified atom stereocenters. The van der Waals surface area contributed by atoms with E-state index in [1.54, 1.807) is 13.3 Å². The summed E-state index contributed by atoms with van der Waals surface area (Å²) < 4.78 is 13.0. The van der Waals surface area contributed by atoms with Crippen LogP contribution in [0.5, 0.6) is 11.5 Å². The molecule has 7 heteroatoms. The number of piperazine rings is 1. The molecular formula is C18H24N4O3. The highest BCUT2D eigenvalue weighted by Gasteiger charge is 2.30. The summed E-state index contributed by atoms with van der Waals surface area (Å²) in [5.74, 6) is 2.29. The van der Waals surface area contributed by atoms with E-state index in [0.717, 1.165) is 12.4 Å². The number of ether oxygens (including phenoxy) is 2. The van der Waals surface area contributed by atoms with Crippen molar-refractivity contribution in [2.45, 2.75) is 12.5 Å². The van der Waals surface area contributed by atoms with Crippen LogP contribution >= 0.6 is 0 Å². The third-order valence-electron chi connectivity index (χ3n) is 4.36. The van der Waals surface area contributed by atoms with E-state index in [9.17, 15) is 4.79 Å². The number of nitrogens with zero attached hydrogens (tertiary/aromatic N) is 3. The third-order valence-corrected chi connectivity index (χ3v) is 4.36. The summed E-state index contributed by atoms with van der Waals surface area (Å²) in [6.07, 6.45) is 3.98. The van der Waals surface area contributed by atoms with Crippen LogP contribution in [0.3, 0.4) is 0 Å². The number of benzene rings is 1. The van der Waals surface area contributed by atoms with E-state index in [1.807, 2.05) is 47.0 Å². The molecule has 2 aromatic rings. The molecule has 134 valence electrons. The van der Waals surface area contributed by atoms with E-state index in [0.29, 0.717) is 37.6 Å². The quantitative estimate of drug-likeness (QED) is 0.857. The number of carbonyl (C=O) groups is 1. The summed E-state index contributed by atoms with van der Waals surface area (Å²) in [6, 6.07) is 7.39. The maximum absolute atomic E-state index is 12.7. The van der Waals surface area contributed by atoms with Gasteiger partial charge in [-0.05, 0) is 12.1 Å². The molecular weight excluding hydrogens is 320 g/mol. The lowest BCUT2D eigenvalue weighted by molar-refractivity contribution is -0.135. The largest absolute Gasteiger partial charge is 0.493 e. The van der Waals surface area contributed by atoms with Gasteiger partial charge in [-0.1, -0.05) is 12.1 Å². The molecule has 0 spiro atoms. The Morgan fingerprint density at radius 3 is 2.88 bits per heavy atom. The fourth-order valence-electron chi connectivity index (χ4n) is 3.06. The first-order valence-electron chi connectivity index (χ1n) is 8.44. The first-order chi connectivity index (χ1) is 12.2. The summed E-state index contributed by atoms with van der Waals surface area (Å²) in [6.45, 7) is 2.49. The molecule has 7 nitrogen and oxygen atoms in total. The van der Waals surface area contributed by atoms with Gasteiger partial charge in [0.1, 0.15) is 11.9 Å². The second-order valence-electron chi connectivity index (χ2n) is 5.95. The third kappa shape index (κ3) is 3.93. The Labute approximate surface area is 147 Å². The Balaban J connectivity index is 1.60. The average molecular weight is 344 g/mol. The first kappa shape index (κ1) is 17.3. The monoisotopic (exact) mass is 344 g/mol. The van der Waals surface area contributed by atoms with Crippen LogP contribution in [-0.2, 0) is 11.8 Å². The molecule has 1 aromatic carbocycles. The Bertz CT molecular complexity index is 716. The zero-order valence-electron chi connectivity index (χ0n) is 14.6. The van der Waals surface area contributed by atoms with E-state index in [4.69, 9.17) is 9.47 Å². The summed E-state index contributed by atoms with van der Waals surface area (Å²) >= 11 is 0. The lowest BCUT2D eigenvalue weighted by Crippen LogP contribution is -2.49. The molecule has 1 atom stereocenters. The summed E-state index contributed by atoms with van der Waals surface area (Å²) in [4.78, 5) is 19.0. The smallest absolute Gasteiger partial charge is 0.226 e. The van der Waals surface area contributed by atoms with Crippen LogP contribution in [0.25, 0.3) is 0 Å². The Morgan fingerprint density at radius 1 is 1.36 bits per heavy atom. The topological polar surface area (TPSA) is 68.6 Å². The van der Waals surface area contributed by atoms with Gasteiger partial charge in [0.05, 0.1) is 20.1 Å². The van der Waals surface area contributed by atoms with Gasteiger partial charge in [0.2, 0.25) is 5.91 Å². The number of carbonyl (C=O) groups excluding carboxylic acids is 1. The molecule has 1 aliphatic heterocycles. The second kappa shape index (κ2) is 8.02. The molecule has 1 fully saturated rings. The van der Waals surface area contributed by atoms with Crippen molar-refractivity contribution in [1.29, 1.82) is 0 Å². The standard InChI is InChI=1S/C18H24N4O3/c1-21-10-9-20-18(21)14-13-19-8-11-22(14)17(23)7-12-25-16-6-4-3-5-15(16)24-2/h3-6,9-10,14,19H,7-8,11-13H2,1-2H3. The predicted octanol–water partition coefficient (Wildman–Crippen LogP) is 1.37. The number of hydrogen-bond acceptors (Lipinski definition) is 5. The minimum Gasteiger partial charge on any atom is -0.493 e. The Morgan fingerprint density at radius 2 is 2.16 bits per heavy atom.